The second kappa shape index (κ2) is 5.80. The molecule has 0 saturated heterocycles. The molecule has 4 nitrogen and oxygen atoms in total. The van der Waals surface area contributed by atoms with E-state index < -0.39 is 0 Å². The number of hydrogen-bond donors (Lipinski definition) is 0. The van der Waals surface area contributed by atoms with Crippen molar-refractivity contribution in [2.24, 2.45) is 17.3 Å². The summed E-state index contributed by atoms with van der Waals surface area (Å²) in [5, 5.41) is 8.98. The van der Waals surface area contributed by atoms with Crippen molar-refractivity contribution in [3.8, 4) is 0 Å². The Bertz CT molecular complexity index is 608. The van der Waals surface area contributed by atoms with E-state index in [4.69, 9.17) is 11.6 Å². The number of benzene rings is 1. The maximum Gasteiger partial charge on any atom is 0.350 e. The molecule has 0 unspecified atom stereocenters. The minimum absolute atomic E-state index is 0.591. The van der Waals surface area contributed by atoms with Crippen LogP contribution in [0.15, 0.2) is 52.8 Å². The van der Waals surface area contributed by atoms with E-state index in [0.717, 1.165) is 11.5 Å². The van der Waals surface area contributed by atoms with Crippen LogP contribution < -0.4 is 9.47 Å². The van der Waals surface area contributed by atoms with Crippen molar-refractivity contribution in [2.45, 2.75) is 0 Å². The van der Waals surface area contributed by atoms with Crippen molar-refractivity contribution in [1.82, 2.24) is 0 Å². The lowest BCUT2D eigenvalue weighted by Gasteiger charge is -2.12. The second-order valence-electron chi connectivity index (χ2n) is 4.40. The Morgan fingerprint density at radius 3 is 2.53 bits per heavy atom. The molecule has 1 aromatic carbocycles. The van der Waals surface area contributed by atoms with Crippen molar-refractivity contribution < 1.29 is 4.57 Å². The van der Waals surface area contributed by atoms with Gasteiger partial charge in [-0.1, -0.05) is 17.7 Å². The SMILES string of the molecule is CN(C)c1ccc(N=Nc2cccc[n+]2C)c(Cl)c1. The zero-order valence-electron chi connectivity index (χ0n) is 11.2. The molecule has 0 atom stereocenters. The van der Waals surface area contributed by atoms with Crippen LogP contribution in [0.2, 0.25) is 5.02 Å². The van der Waals surface area contributed by atoms with Gasteiger partial charge in [0.25, 0.3) is 0 Å². The highest BCUT2D eigenvalue weighted by Crippen LogP contribution is 2.29. The molecular formula is C14H16ClN4+. The normalized spacial score (nSPS) is 10.9. The van der Waals surface area contributed by atoms with E-state index in [-0.39, 0.29) is 0 Å². The molecule has 98 valence electrons. The fraction of sp³-hybridized carbons (Fsp3) is 0.214. The van der Waals surface area contributed by atoms with E-state index in [1.54, 1.807) is 0 Å². The van der Waals surface area contributed by atoms with Crippen molar-refractivity contribution in [2.75, 3.05) is 19.0 Å². The monoisotopic (exact) mass is 275 g/mol. The molecule has 19 heavy (non-hydrogen) atoms. The summed E-state index contributed by atoms with van der Waals surface area (Å²) >= 11 is 6.19. The van der Waals surface area contributed by atoms with Gasteiger partial charge in [0.15, 0.2) is 0 Å². The first-order valence-corrected chi connectivity index (χ1v) is 6.29. The van der Waals surface area contributed by atoms with Gasteiger partial charge in [-0.15, -0.1) is 0 Å². The first kappa shape index (κ1) is 13.5. The molecule has 0 spiro atoms. The van der Waals surface area contributed by atoms with Crippen LogP contribution in [0.5, 0.6) is 0 Å². The lowest BCUT2D eigenvalue weighted by molar-refractivity contribution is -0.658. The molecule has 0 aliphatic heterocycles. The molecule has 0 N–H and O–H groups in total. The van der Waals surface area contributed by atoms with Gasteiger partial charge < -0.3 is 4.90 Å². The highest BCUT2D eigenvalue weighted by Gasteiger charge is 2.07. The molecule has 1 aromatic heterocycles. The Kier molecular flexibility index (Phi) is 4.12. The Morgan fingerprint density at radius 1 is 1.11 bits per heavy atom. The number of rotatable bonds is 3. The number of anilines is 1. The smallest absolute Gasteiger partial charge is 0.350 e. The molecule has 1 heterocycles. The van der Waals surface area contributed by atoms with Crippen molar-refractivity contribution in [3.05, 3.63) is 47.6 Å². The Balaban J connectivity index is 2.27. The lowest BCUT2D eigenvalue weighted by Crippen LogP contribution is -2.26. The van der Waals surface area contributed by atoms with Gasteiger partial charge in [-0.2, -0.15) is 0 Å². The average Bonchev–Trinajstić information content (AvgIpc) is 2.39. The number of azo groups is 1. The van der Waals surface area contributed by atoms with Crippen LogP contribution in [-0.4, -0.2) is 14.1 Å². The van der Waals surface area contributed by atoms with Gasteiger partial charge in [-0.05, 0) is 29.4 Å². The minimum atomic E-state index is 0.591. The third-order valence-corrected chi connectivity index (χ3v) is 3.04. The standard InChI is InChI=1S/C14H16ClN4/c1-18(2)11-7-8-13(12(15)10-11)16-17-14-6-4-5-9-19(14)3/h4-10H,1-3H3/q+1. The highest BCUT2D eigenvalue weighted by molar-refractivity contribution is 6.33. The molecule has 0 aliphatic carbocycles. The molecule has 5 heteroatoms. The molecule has 0 amide bonds. The predicted molar refractivity (Wildman–Crippen MR) is 77.6 cm³/mol. The number of pyridine rings is 1. The number of aryl methyl sites for hydroxylation is 1. The zero-order valence-corrected chi connectivity index (χ0v) is 12.0. The van der Waals surface area contributed by atoms with Crippen LogP contribution in [-0.2, 0) is 7.05 Å². The third kappa shape index (κ3) is 3.29. The number of hydrogen-bond acceptors (Lipinski definition) is 3. The maximum absolute atomic E-state index is 6.19. The molecule has 0 fully saturated rings. The summed E-state index contributed by atoms with van der Waals surface area (Å²) in [6, 6.07) is 11.5. The topological polar surface area (TPSA) is 31.8 Å². The van der Waals surface area contributed by atoms with Crippen LogP contribution in [0.25, 0.3) is 0 Å². The molecule has 0 radical (unpaired) electrons. The van der Waals surface area contributed by atoms with Crippen molar-refractivity contribution in [1.29, 1.82) is 0 Å². The Morgan fingerprint density at radius 2 is 1.89 bits per heavy atom. The van der Waals surface area contributed by atoms with Crippen molar-refractivity contribution >= 4 is 28.8 Å². The van der Waals surface area contributed by atoms with Crippen LogP contribution in [0.3, 0.4) is 0 Å². The quantitative estimate of drug-likeness (QED) is 0.621. The summed E-state index contributed by atoms with van der Waals surface area (Å²) in [4.78, 5) is 1.99. The Hall–Kier alpha value is -1.94. The Labute approximate surface area is 118 Å². The van der Waals surface area contributed by atoms with Crippen LogP contribution in [0.1, 0.15) is 0 Å². The summed E-state index contributed by atoms with van der Waals surface area (Å²) in [5.41, 5.74) is 1.70. The van der Waals surface area contributed by atoms with Gasteiger partial charge in [0.1, 0.15) is 5.69 Å². The van der Waals surface area contributed by atoms with E-state index in [1.165, 1.54) is 0 Å². The van der Waals surface area contributed by atoms with Gasteiger partial charge in [0.2, 0.25) is 0 Å². The summed E-state index contributed by atoms with van der Waals surface area (Å²) in [6.07, 6.45) is 1.92. The lowest BCUT2D eigenvalue weighted by atomic mass is 10.3. The van der Waals surface area contributed by atoms with Gasteiger partial charge in [0.05, 0.1) is 23.4 Å². The van der Waals surface area contributed by atoms with Gasteiger partial charge in [-0.3, -0.25) is 0 Å². The fourth-order valence-electron chi connectivity index (χ4n) is 1.58. The maximum atomic E-state index is 6.19. The first-order valence-electron chi connectivity index (χ1n) is 5.91. The number of nitrogens with zero attached hydrogens (tertiary/aromatic N) is 4. The van der Waals surface area contributed by atoms with Gasteiger partial charge in [0, 0.05) is 25.8 Å². The van der Waals surface area contributed by atoms with Crippen molar-refractivity contribution in [3.63, 3.8) is 0 Å². The average molecular weight is 276 g/mol. The molecule has 2 aromatic rings. The van der Waals surface area contributed by atoms with Crippen LogP contribution in [0.4, 0.5) is 17.2 Å². The first-order chi connectivity index (χ1) is 9.08. The molecule has 0 aliphatic rings. The van der Waals surface area contributed by atoms with E-state index in [2.05, 4.69) is 10.2 Å². The molecule has 0 saturated carbocycles. The summed E-state index contributed by atoms with van der Waals surface area (Å²) in [6.45, 7) is 0. The number of halogens is 1. The van der Waals surface area contributed by atoms with E-state index in [9.17, 15) is 0 Å². The van der Waals surface area contributed by atoms with Crippen LogP contribution in [0, 0.1) is 0 Å². The fourth-order valence-corrected chi connectivity index (χ4v) is 1.79. The highest BCUT2D eigenvalue weighted by atomic mass is 35.5. The third-order valence-electron chi connectivity index (χ3n) is 2.74. The van der Waals surface area contributed by atoms with Crippen LogP contribution >= 0.6 is 11.6 Å². The molecular weight excluding hydrogens is 260 g/mol. The van der Waals surface area contributed by atoms with E-state index in [1.807, 2.05) is 73.2 Å². The predicted octanol–water partition coefficient (Wildman–Crippen LogP) is 3.65. The summed E-state index contributed by atoms with van der Waals surface area (Å²) in [5.74, 6) is 0.773. The molecule has 0 bridgehead atoms. The summed E-state index contributed by atoms with van der Waals surface area (Å²) in [7, 11) is 5.86. The number of aromatic nitrogens is 1. The van der Waals surface area contributed by atoms with Gasteiger partial charge >= 0.3 is 5.82 Å². The largest absolute Gasteiger partial charge is 0.378 e. The molecule has 2 rings (SSSR count). The van der Waals surface area contributed by atoms with E-state index in [0.29, 0.717) is 10.7 Å². The van der Waals surface area contributed by atoms with E-state index >= 15 is 0 Å². The summed E-state index contributed by atoms with van der Waals surface area (Å²) < 4.78 is 1.89. The zero-order chi connectivity index (χ0) is 13.8. The second-order valence-corrected chi connectivity index (χ2v) is 4.81. The minimum Gasteiger partial charge on any atom is -0.378 e. The van der Waals surface area contributed by atoms with Gasteiger partial charge in [-0.25, -0.2) is 4.57 Å².